The molecule has 5 heteroatoms. The van der Waals surface area contributed by atoms with Gasteiger partial charge >= 0.3 is 11.9 Å². The van der Waals surface area contributed by atoms with E-state index in [1.54, 1.807) is 24.3 Å². The van der Waals surface area contributed by atoms with E-state index in [1.165, 1.54) is 6.92 Å². The van der Waals surface area contributed by atoms with Gasteiger partial charge < -0.3 is 14.4 Å². The number of benzene rings is 2. The molecule has 3 aromatic rings. The molecule has 0 spiro atoms. The number of aromatic hydroxyl groups is 1. The summed E-state index contributed by atoms with van der Waals surface area (Å²) < 4.78 is 10.3. The molecule has 0 unspecified atom stereocenters. The summed E-state index contributed by atoms with van der Waals surface area (Å²) in [5.74, 6) is -0.263. The number of hydrogen-bond acceptors (Lipinski definition) is 5. The van der Waals surface area contributed by atoms with Crippen LogP contribution in [0, 0.1) is 0 Å². The van der Waals surface area contributed by atoms with Gasteiger partial charge in [-0.2, -0.15) is 0 Å². The molecule has 0 bridgehead atoms. The zero-order chi connectivity index (χ0) is 15.5. The lowest BCUT2D eigenvalue weighted by molar-refractivity contribution is -0.133. The van der Waals surface area contributed by atoms with Crippen LogP contribution in [-0.4, -0.2) is 16.2 Å². The van der Waals surface area contributed by atoms with Gasteiger partial charge in [0.25, 0.3) is 0 Å². The minimum absolute atomic E-state index is 0.0572. The lowest BCUT2D eigenvalue weighted by atomic mass is 10.0. The second kappa shape index (κ2) is 5.73. The van der Waals surface area contributed by atoms with E-state index in [0.29, 0.717) is 11.3 Å². The number of esters is 1. The van der Waals surface area contributed by atoms with Gasteiger partial charge in [0.15, 0.2) is 0 Å². The zero-order valence-electron chi connectivity index (χ0n) is 11.8. The summed E-state index contributed by atoms with van der Waals surface area (Å²) in [6, 6.07) is 16.0. The number of carbonyl (C=O) groups excluding carboxylic acids is 1. The second-order valence-corrected chi connectivity index (χ2v) is 4.70. The quantitative estimate of drug-likeness (QED) is 0.747. The van der Waals surface area contributed by atoms with Crippen LogP contribution >= 0.6 is 0 Å². The van der Waals surface area contributed by atoms with Crippen molar-refractivity contribution in [1.29, 1.82) is 0 Å². The number of nitrogens with zero attached hydrogens (tertiary/aromatic N) is 1. The van der Waals surface area contributed by atoms with Crippen molar-refractivity contribution in [3.63, 3.8) is 0 Å². The number of carbonyl (C=O) groups is 1. The molecule has 2 aromatic carbocycles. The predicted octanol–water partition coefficient (Wildman–Crippen LogP) is 3.64. The van der Waals surface area contributed by atoms with E-state index in [9.17, 15) is 9.90 Å². The van der Waals surface area contributed by atoms with Crippen LogP contribution in [0.4, 0.5) is 0 Å². The summed E-state index contributed by atoms with van der Waals surface area (Å²) in [6.45, 7) is 1.30. The molecule has 1 aromatic heterocycles. The molecule has 1 N–H and O–H groups in total. The molecule has 5 nitrogen and oxygen atoms in total. The van der Waals surface area contributed by atoms with Crippen molar-refractivity contribution in [2.75, 3.05) is 0 Å². The molecule has 1 heterocycles. The molecule has 0 aliphatic heterocycles. The summed E-state index contributed by atoms with van der Waals surface area (Å²) in [6.07, 6.45) is 0. The zero-order valence-corrected chi connectivity index (χ0v) is 11.8. The molecule has 110 valence electrons. The number of aromatic nitrogens is 1. The lowest BCUT2D eigenvalue weighted by Gasteiger charge is -2.04. The first-order chi connectivity index (χ1) is 10.6. The van der Waals surface area contributed by atoms with Crippen molar-refractivity contribution in [3.05, 3.63) is 54.6 Å². The Morgan fingerprint density at radius 3 is 2.36 bits per heavy atom. The lowest BCUT2D eigenvalue weighted by Crippen LogP contribution is -2.01. The van der Waals surface area contributed by atoms with Crippen LogP contribution < -0.4 is 4.74 Å². The topological polar surface area (TPSA) is 72.6 Å². The Kier molecular flexibility index (Phi) is 3.62. The SMILES string of the molecule is CC(=O)Oc1onc(-c2ccc(O)cc2)c1-c1ccccc1. The van der Waals surface area contributed by atoms with Gasteiger partial charge in [0.05, 0.1) is 5.56 Å². The van der Waals surface area contributed by atoms with E-state index in [-0.39, 0.29) is 11.7 Å². The molecular weight excluding hydrogens is 282 g/mol. The number of phenolic OH excluding ortho intramolecular Hbond substituents is 1. The van der Waals surface area contributed by atoms with Crippen molar-refractivity contribution < 1.29 is 19.2 Å². The van der Waals surface area contributed by atoms with E-state index in [4.69, 9.17) is 9.26 Å². The molecule has 0 saturated heterocycles. The van der Waals surface area contributed by atoms with Gasteiger partial charge in [-0.1, -0.05) is 35.5 Å². The number of ether oxygens (including phenoxy) is 1. The Balaban J connectivity index is 2.16. The van der Waals surface area contributed by atoms with Gasteiger partial charge in [0.1, 0.15) is 11.4 Å². The van der Waals surface area contributed by atoms with Gasteiger partial charge in [0, 0.05) is 12.5 Å². The van der Waals surface area contributed by atoms with E-state index >= 15 is 0 Å². The van der Waals surface area contributed by atoms with Crippen molar-refractivity contribution in [1.82, 2.24) is 5.16 Å². The smallest absolute Gasteiger partial charge is 0.327 e. The van der Waals surface area contributed by atoms with E-state index in [2.05, 4.69) is 5.16 Å². The first-order valence-corrected chi connectivity index (χ1v) is 6.68. The second-order valence-electron chi connectivity index (χ2n) is 4.70. The molecule has 0 amide bonds. The van der Waals surface area contributed by atoms with Crippen molar-refractivity contribution >= 4 is 5.97 Å². The Labute approximate surface area is 126 Å². The maximum absolute atomic E-state index is 11.2. The highest BCUT2D eigenvalue weighted by Crippen LogP contribution is 2.39. The minimum atomic E-state index is -0.481. The number of rotatable bonds is 3. The van der Waals surface area contributed by atoms with Gasteiger partial charge in [-0.25, -0.2) is 0 Å². The highest BCUT2D eigenvalue weighted by molar-refractivity contribution is 5.85. The molecule has 0 saturated carbocycles. The van der Waals surface area contributed by atoms with Crippen LogP contribution in [-0.2, 0) is 4.79 Å². The third-order valence-corrected chi connectivity index (χ3v) is 3.10. The van der Waals surface area contributed by atoms with Crippen LogP contribution in [0.5, 0.6) is 11.7 Å². The standard InChI is InChI=1S/C17H13NO4/c1-11(19)21-17-15(12-5-3-2-4-6-12)16(18-22-17)13-7-9-14(20)10-8-13/h2-10,20H,1H3. The molecule has 3 rings (SSSR count). The summed E-state index contributed by atoms with van der Waals surface area (Å²) in [7, 11) is 0. The van der Waals surface area contributed by atoms with Crippen LogP contribution in [0.2, 0.25) is 0 Å². The Morgan fingerprint density at radius 1 is 1.05 bits per heavy atom. The van der Waals surface area contributed by atoms with Crippen molar-refractivity contribution in [2.45, 2.75) is 6.92 Å². The van der Waals surface area contributed by atoms with Gasteiger partial charge in [-0.3, -0.25) is 4.79 Å². The maximum atomic E-state index is 11.2. The molecule has 0 radical (unpaired) electrons. The average molecular weight is 295 g/mol. The molecule has 0 aliphatic carbocycles. The van der Waals surface area contributed by atoms with E-state index in [1.807, 2.05) is 30.3 Å². The summed E-state index contributed by atoms with van der Waals surface area (Å²) >= 11 is 0. The summed E-state index contributed by atoms with van der Waals surface area (Å²) in [4.78, 5) is 11.2. The molecule has 0 fully saturated rings. The monoisotopic (exact) mass is 295 g/mol. The highest BCUT2D eigenvalue weighted by atomic mass is 16.6. The van der Waals surface area contributed by atoms with Gasteiger partial charge in [0.2, 0.25) is 0 Å². The molecule has 0 atom stereocenters. The molecule has 0 aliphatic rings. The third-order valence-electron chi connectivity index (χ3n) is 3.10. The Morgan fingerprint density at radius 2 is 1.73 bits per heavy atom. The molecule has 22 heavy (non-hydrogen) atoms. The first-order valence-electron chi connectivity index (χ1n) is 6.68. The Bertz CT molecular complexity index is 791. The fourth-order valence-electron chi connectivity index (χ4n) is 2.15. The summed E-state index contributed by atoms with van der Waals surface area (Å²) in [5.41, 5.74) is 2.71. The number of hydrogen-bond donors (Lipinski definition) is 1. The Hall–Kier alpha value is -3.08. The van der Waals surface area contributed by atoms with Gasteiger partial charge in [-0.05, 0) is 29.8 Å². The third kappa shape index (κ3) is 2.69. The fourth-order valence-corrected chi connectivity index (χ4v) is 2.15. The van der Waals surface area contributed by atoms with Crippen molar-refractivity contribution in [2.24, 2.45) is 0 Å². The normalized spacial score (nSPS) is 10.4. The largest absolute Gasteiger partial charge is 0.508 e. The fraction of sp³-hybridized carbons (Fsp3) is 0.0588. The van der Waals surface area contributed by atoms with E-state index < -0.39 is 5.97 Å². The highest BCUT2D eigenvalue weighted by Gasteiger charge is 2.21. The van der Waals surface area contributed by atoms with E-state index in [0.717, 1.165) is 11.1 Å². The number of phenols is 1. The van der Waals surface area contributed by atoms with Crippen LogP contribution in [0.25, 0.3) is 22.4 Å². The predicted molar refractivity (Wildman–Crippen MR) is 80.3 cm³/mol. The first kappa shape index (κ1) is 13.9. The van der Waals surface area contributed by atoms with Crippen molar-refractivity contribution in [3.8, 4) is 34.1 Å². The summed E-state index contributed by atoms with van der Waals surface area (Å²) in [5, 5.41) is 13.4. The molecular formula is C17H13NO4. The maximum Gasteiger partial charge on any atom is 0.327 e. The van der Waals surface area contributed by atoms with Crippen LogP contribution in [0.1, 0.15) is 6.92 Å². The van der Waals surface area contributed by atoms with Gasteiger partial charge in [-0.15, -0.1) is 0 Å². The minimum Gasteiger partial charge on any atom is -0.508 e. The van der Waals surface area contributed by atoms with Crippen LogP contribution in [0.15, 0.2) is 59.1 Å². The van der Waals surface area contributed by atoms with Crippen LogP contribution in [0.3, 0.4) is 0 Å². The average Bonchev–Trinajstić information content (AvgIpc) is 2.91.